The fourth-order valence-electron chi connectivity index (χ4n) is 6.85. The summed E-state index contributed by atoms with van der Waals surface area (Å²) in [4.78, 5) is 50.5. The molecule has 4 rings (SSSR count). The number of carbonyl (C=O) groups is 3. The Balaban J connectivity index is 0.00000149. The van der Waals surface area contributed by atoms with Crippen molar-refractivity contribution in [3.63, 3.8) is 0 Å². The van der Waals surface area contributed by atoms with E-state index in [0.29, 0.717) is 38.6 Å². The molecule has 11 heteroatoms. The molecule has 2 saturated heterocycles. The number of aryl methyl sites for hydroxylation is 1. The van der Waals surface area contributed by atoms with Gasteiger partial charge in [0.25, 0.3) is 0 Å². The standard InChI is InChI=1S/C33H48N4O6.C4H6.C2H6.CH4O/c1-7-28-33(6)30(24(5)29(39)22(3)17-21(2)12-13-27(38)23(4)31(40)42-28)37(32(41)43-33)16-9-8-15-36-19-26(35-20-36)25-11-10-14-34-18-25;1-3-4-2;2*1-2/h10-11,14,18-24,28,30-31,40H,7-9,12-13,15-17H2,1-6H3;1-2H3;1-2H3;2H,1H3/t21-,22-,23?,24?,28-,30?,31?,33-;;;/m1.../s1. The Morgan fingerprint density at radius 1 is 1.02 bits per heavy atom. The first kappa shape index (κ1) is 45.4. The minimum absolute atomic E-state index is 0.0693. The van der Waals surface area contributed by atoms with Crippen LogP contribution < -0.4 is 0 Å². The van der Waals surface area contributed by atoms with Crippen LogP contribution in [0.15, 0.2) is 37.1 Å². The minimum Gasteiger partial charge on any atom is -0.438 e. The number of hydrogen-bond donors (Lipinski definition) is 2. The molecule has 4 unspecified atom stereocenters. The van der Waals surface area contributed by atoms with Crippen LogP contribution in [0.3, 0.4) is 0 Å². The smallest absolute Gasteiger partial charge is 0.410 e. The van der Waals surface area contributed by atoms with Gasteiger partial charge in [0.1, 0.15) is 17.7 Å². The molecule has 0 spiro atoms. The number of amides is 1. The third-order valence-corrected chi connectivity index (χ3v) is 9.67. The van der Waals surface area contributed by atoms with Crippen molar-refractivity contribution in [3.05, 3.63) is 37.1 Å². The first-order valence-corrected chi connectivity index (χ1v) is 18.5. The zero-order chi connectivity index (χ0) is 38.7. The number of aliphatic hydroxyl groups is 2. The lowest BCUT2D eigenvalue weighted by atomic mass is 9.75. The first-order valence-electron chi connectivity index (χ1n) is 18.5. The maximum atomic E-state index is 13.8. The van der Waals surface area contributed by atoms with E-state index >= 15 is 0 Å². The van der Waals surface area contributed by atoms with Gasteiger partial charge in [-0.3, -0.25) is 14.6 Å². The number of aromatic nitrogens is 3. The number of carbonyl (C=O) groups excluding carboxylic acids is 3. The number of unbranched alkanes of at least 4 members (excludes halogenated alkanes) is 1. The summed E-state index contributed by atoms with van der Waals surface area (Å²) in [5.74, 6) is 4.07. The summed E-state index contributed by atoms with van der Waals surface area (Å²) in [6.07, 6.45) is 8.31. The number of imidazole rings is 1. The highest BCUT2D eigenvalue weighted by molar-refractivity contribution is 5.85. The van der Waals surface area contributed by atoms with Gasteiger partial charge in [-0.05, 0) is 70.9 Å². The van der Waals surface area contributed by atoms with Gasteiger partial charge in [0.15, 0.2) is 11.9 Å². The number of ether oxygens (including phenoxy) is 2. The largest absolute Gasteiger partial charge is 0.438 e. The van der Waals surface area contributed by atoms with E-state index in [4.69, 9.17) is 14.6 Å². The predicted octanol–water partition coefficient (Wildman–Crippen LogP) is 6.95. The van der Waals surface area contributed by atoms with Gasteiger partial charge in [0.2, 0.25) is 0 Å². The highest BCUT2D eigenvalue weighted by Gasteiger charge is 2.59. The van der Waals surface area contributed by atoms with E-state index in [1.807, 2.05) is 71.4 Å². The normalized spacial score (nSPS) is 28.1. The summed E-state index contributed by atoms with van der Waals surface area (Å²) < 4.78 is 14.2. The number of hydrogen-bond acceptors (Lipinski definition) is 9. The second-order valence-electron chi connectivity index (χ2n) is 13.3. The Labute approximate surface area is 306 Å². The fraction of sp³-hybridized carbons (Fsp3) is 0.675. The van der Waals surface area contributed by atoms with Crippen molar-refractivity contribution in [3.8, 4) is 23.1 Å². The second-order valence-corrected chi connectivity index (χ2v) is 13.3. The maximum Gasteiger partial charge on any atom is 0.410 e. The molecule has 2 aromatic rings. The van der Waals surface area contributed by atoms with E-state index in [1.54, 1.807) is 37.5 Å². The summed E-state index contributed by atoms with van der Waals surface area (Å²) in [5.41, 5.74) is 0.614. The average Bonchev–Trinajstić information content (AvgIpc) is 3.73. The quantitative estimate of drug-likeness (QED) is 0.230. The lowest BCUT2D eigenvalue weighted by molar-refractivity contribution is -0.210. The summed E-state index contributed by atoms with van der Waals surface area (Å²) in [6.45, 7) is 20.0. The van der Waals surface area contributed by atoms with E-state index in [0.717, 1.165) is 31.3 Å². The SMILES string of the molecule is CC.CC#CC.CC[C@H]1OC(O)C(C)C(=O)CC[C@@H](C)C[C@@H](C)C(=O)C(C)C2N(CCCCn3cnc(-c4cccnc4)c3)C(=O)O[C@@]21C.CO. The number of fused-ring (bicyclic) bond motifs is 1. The average molecular weight is 713 g/mol. The molecule has 11 nitrogen and oxygen atoms in total. The van der Waals surface area contributed by atoms with Crippen LogP contribution in [0.25, 0.3) is 11.3 Å². The van der Waals surface area contributed by atoms with Crippen LogP contribution in [0.2, 0.25) is 0 Å². The molecule has 2 aromatic heterocycles. The predicted molar refractivity (Wildman–Crippen MR) is 200 cm³/mol. The molecule has 2 aliphatic rings. The van der Waals surface area contributed by atoms with Crippen LogP contribution in [-0.4, -0.2) is 85.0 Å². The molecule has 51 heavy (non-hydrogen) atoms. The molecular weight excluding hydrogens is 648 g/mol. The summed E-state index contributed by atoms with van der Waals surface area (Å²) in [5, 5.41) is 17.9. The van der Waals surface area contributed by atoms with Gasteiger partial charge in [-0.25, -0.2) is 9.78 Å². The van der Waals surface area contributed by atoms with Crippen LogP contribution in [0.5, 0.6) is 0 Å². The number of ketones is 2. The van der Waals surface area contributed by atoms with Gasteiger partial charge < -0.3 is 29.2 Å². The fourth-order valence-corrected chi connectivity index (χ4v) is 6.85. The highest BCUT2D eigenvalue weighted by atomic mass is 16.6. The van der Waals surface area contributed by atoms with Gasteiger partial charge >= 0.3 is 6.09 Å². The molecule has 0 saturated carbocycles. The molecule has 1 amide bonds. The molecular formula is C40H64N4O7. The van der Waals surface area contributed by atoms with Crippen LogP contribution in [0, 0.1) is 35.5 Å². The second kappa shape index (κ2) is 23.1. The van der Waals surface area contributed by atoms with E-state index < -0.39 is 42.0 Å². The van der Waals surface area contributed by atoms with Gasteiger partial charge in [-0.2, -0.15) is 0 Å². The molecule has 0 radical (unpaired) electrons. The molecule has 0 aliphatic carbocycles. The maximum absolute atomic E-state index is 13.8. The van der Waals surface area contributed by atoms with E-state index in [9.17, 15) is 19.5 Å². The monoisotopic (exact) mass is 712 g/mol. The van der Waals surface area contributed by atoms with Crippen molar-refractivity contribution >= 4 is 17.7 Å². The van der Waals surface area contributed by atoms with E-state index in [2.05, 4.69) is 28.7 Å². The van der Waals surface area contributed by atoms with Gasteiger partial charge in [-0.15, -0.1) is 11.8 Å². The Morgan fingerprint density at radius 3 is 2.25 bits per heavy atom. The Hall–Kier alpha value is -3.59. The molecule has 286 valence electrons. The van der Waals surface area contributed by atoms with Gasteiger partial charge in [0, 0.05) is 62.6 Å². The van der Waals surface area contributed by atoms with Crippen LogP contribution in [0.4, 0.5) is 4.79 Å². The van der Waals surface area contributed by atoms with Crippen molar-refractivity contribution in [2.75, 3.05) is 13.7 Å². The lowest BCUT2D eigenvalue weighted by Gasteiger charge is -2.41. The van der Waals surface area contributed by atoms with Crippen molar-refractivity contribution < 1.29 is 34.1 Å². The van der Waals surface area contributed by atoms with Crippen molar-refractivity contribution in [2.45, 2.75) is 138 Å². The third kappa shape index (κ3) is 12.5. The van der Waals surface area contributed by atoms with Crippen molar-refractivity contribution in [1.82, 2.24) is 19.4 Å². The van der Waals surface area contributed by atoms with Gasteiger partial charge in [-0.1, -0.05) is 48.5 Å². The number of nitrogens with zero attached hydrogens (tertiary/aromatic N) is 4. The van der Waals surface area contributed by atoms with Crippen LogP contribution in [-0.2, 0) is 25.6 Å². The molecule has 2 fully saturated rings. The highest BCUT2D eigenvalue weighted by Crippen LogP contribution is 2.41. The number of rotatable bonds is 7. The zero-order valence-corrected chi connectivity index (χ0v) is 32.9. The topological polar surface area (TPSA) is 144 Å². The van der Waals surface area contributed by atoms with E-state index in [1.165, 1.54) is 0 Å². The number of pyridine rings is 1. The minimum atomic E-state index is -1.34. The summed E-state index contributed by atoms with van der Waals surface area (Å²) in [7, 11) is 1.00. The van der Waals surface area contributed by atoms with Crippen LogP contribution in [0.1, 0.15) is 108 Å². The summed E-state index contributed by atoms with van der Waals surface area (Å²) >= 11 is 0. The Morgan fingerprint density at radius 2 is 1.67 bits per heavy atom. The van der Waals surface area contributed by atoms with Crippen LogP contribution >= 0.6 is 0 Å². The molecule has 2 N–H and O–H groups in total. The molecule has 2 aliphatic heterocycles. The first-order chi connectivity index (χ1) is 24.4. The van der Waals surface area contributed by atoms with Crippen molar-refractivity contribution in [2.24, 2.45) is 23.7 Å². The molecule has 0 bridgehead atoms. The Bertz CT molecular complexity index is 1380. The Kier molecular flexibility index (Phi) is 20.5. The third-order valence-electron chi connectivity index (χ3n) is 9.67. The number of aliphatic hydroxyl groups excluding tert-OH is 2. The molecule has 4 heterocycles. The number of Topliss-reactive ketones (excluding diaryl/α,β-unsaturated/α-hetero) is 2. The lowest BCUT2D eigenvalue weighted by Crippen LogP contribution is -2.58. The molecule has 0 aromatic carbocycles. The summed E-state index contributed by atoms with van der Waals surface area (Å²) in [6, 6.07) is 3.27. The van der Waals surface area contributed by atoms with Crippen molar-refractivity contribution in [1.29, 1.82) is 0 Å². The zero-order valence-electron chi connectivity index (χ0n) is 32.9. The van der Waals surface area contributed by atoms with Gasteiger partial charge in [0.05, 0.1) is 24.0 Å². The van der Waals surface area contributed by atoms with E-state index in [-0.39, 0.29) is 23.4 Å². The molecule has 8 atom stereocenters.